The third-order valence-electron chi connectivity index (χ3n) is 4.78. The van der Waals surface area contributed by atoms with Gasteiger partial charge in [0.05, 0.1) is 12.5 Å². The molecule has 0 unspecified atom stereocenters. The Hall–Kier alpha value is -2.34. The number of nitrogens with zero attached hydrogens (tertiary/aromatic N) is 1. The number of rotatable bonds is 4. The van der Waals surface area contributed by atoms with E-state index < -0.39 is 0 Å². The summed E-state index contributed by atoms with van der Waals surface area (Å²) in [5, 5.41) is 1.71. The molecule has 2 aromatic carbocycles. The summed E-state index contributed by atoms with van der Waals surface area (Å²) in [4.78, 5) is 22.4. The monoisotopic (exact) mass is 444 g/mol. The van der Waals surface area contributed by atoms with Crippen LogP contribution in [0.3, 0.4) is 0 Å². The Labute approximate surface area is 182 Å². The average Bonchev–Trinajstić information content (AvgIpc) is 3.00. The van der Waals surface area contributed by atoms with Crippen molar-refractivity contribution in [3.8, 4) is 16.9 Å². The summed E-state index contributed by atoms with van der Waals surface area (Å²) in [6.07, 6.45) is 0.418. The number of ether oxygens (including phenoxy) is 1. The van der Waals surface area contributed by atoms with E-state index in [1.807, 2.05) is 38.1 Å². The van der Waals surface area contributed by atoms with E-state index in [0.717, 1.165) is 32.9 Å². The molecule has 0 spiro atoms. The van der Waals surface area contributed by atoms with Crippen molar-refractivity contribution in [1.82, 2.24) is 9.97 Å². The number of aryl methyl sites for hydroxylation is 2. The summed E-state index contributed by atoms with van der Waals surface area (Å²) >= 11 is 13.8. The number of hydrogen-bond donors (Lipinski definition) is 1. The first kappa shape index (κ1) is 20.0. The van der Waals surface area contributed by atoms with E-state index in [-0.39, 0.29) is 5.56 Å². The van der Waals surface area contributed by atoms with Gasteiger partial charge in [-0.2, -0.15) is 0 Å². The Bertz CT molecular complexity index is 1290. The second-order valence-corrected chi connectivity index (χ2v) is 8.89. The summed E-state index contributed by atoms with van der Waals surface area (Å²) in [6.45, 7) is 4.02. The van der Waals surface area contributed by atoms with Crippen LogP contribution in [0, 0.1) is 13.8 Å². The van der Waals surface area contributed by atoms with Crippen molar-refractivity contribution in [2.45, 2.75) is 20.3 Å². The predicted molar refractivity (Wildman–Crippen MR) is 121 cm³/mol. The first-order valence-corrected chi connectivity index (χ1v) is 10.6. The van der Waals surface area contributed by atoms with E-state index in [0.29, 0.717) is 32.5 Å². The highest BCUT2D eigenvalue weighted by Gasteiger charge is 2.20. The van der Waals surface area contributed by atoms with Gasteiger partial charge in [-0.15, -0.1) is 11.3 Å². The van der Waals surface area contributed by atoms with Crippen LogP contribution >= 0.6 is 34.5 Å². The molecule has 4 nitrogen and oxygen atoms in total. The smallest absolute Gasteiger partial charge is 0.260 e. The maximum Gasteiger partial charge on any atom is 0.260 e. The van der Waals surface area contributed by atoms with Gasteiger partial charge in [0.1, 0.15) is 16.4 Å². The number of aromatic amines is 1. The van der Waals surface area contributed by atoms with Gasteiger partial charge in [-0.25, -0.2) is 4.98 Å². The lowest BCUT2D eigenvalue weighted by molar-refractivity contribution is 0.416. The first-order valence-electron chi connectivity index (χ1n) is 8.98. The zero-order chi connectivity index (χ0) is 20.7. The lowest BCUT2D eigenvalue weighted by Gasteiger charge is -2.10. The van der Waals surface area contributed by atoms with E-state index in [1.165, 1.54) is 11.3 Å². The number of nitrogens with one attached hydrogen (secondary N) is 1. The molecule has 0 amide bonds. The Morgan fingerprint density at radius 1 is 1.14 bits per heavy atom. The molecule has 148 valence electrons. The Morgan fingerprint density at radius 3 is 2.66 bits per heavy atom. The van der Waals surface area contributed by atoms with E-state index in [1.54, 1.807) is 19.2 Å². The highest BCUT2D eigenvalue weighted by atomic mass is 35.5. The van der Waals surface area contributed by atoms with E-state index in [4.69, 9.17) is 32.9 Å². The quantitative estimate of drug-likeness (QED) is 0.409. The van der Waals surface area contributed by atoms with Crippen LogP contribution in [0.1, 0.15) is 21.8 Å². The molecule has 0 atom stereocenters. The molecule has 0 saturated carbocycles. The predicted octanol–water partition coefficient (Wildman–Crippen LogP) is 6.17. The minimum atomic E-state index is -0.169. The minimum Gasteiger partial charge on any atom is -0.496 e. The zero-order valence-electron chi connectivity index (χ0n) is 16.1. The fraction of sp³-hybridized carbons (Fsp3) is 0.182. The summed E-state index contributed by atoms with van der Waals surface area (Å²) in [7, 11) is 1.63. The number of halogens is 2. The Balaban J connectivity index is 1.86. The molecule has 0 radical (unpaired) electrons. The molecule has 0 bridgehead atoms. The van der Waals surface area contributed by atoms with E-state index in [9.17, 15) is 4.79 Å². The van der Waals surface area contributed by atoms with Crippen molar-refractivity contribution in [1.29, 1.82) is 0 Å². The highest BCUT2D eigenvalue weighted by Crippen LogP contribution is 2.40. The molecule has 1 N–H and O–H groups in total. The van der Waals surface area contributed by atoms with Crippen LogP contribution in [0.15, 0.2) is 41.2 Å². The molecule has 0 aliphatic rings. The lowest BCUT2D eigenvalue weighted by Crippen LogP contribution is -2.12. The minimum absolute atomic E-state index is 0.169. The van der Waals surface area contributed by atoms with Crippen LogP contribution in [0.5, 0.6) is 5.75 Å². The van der Waals surface area contributed by atoms with Crippen LogP contribution in [0.25, 0.3) is 21.3 Å². The summed E-state index contributed by atoms with van der Waals surface area (Å²) in [5.74, 6) is 1.30. The van der Waals surface area contributed by atoms with Crippen molar-refractivity contribution in [2.24, 2.45) is 0 Å². The number of aromatic nitrogens is 2. The normalized spacial score (nSPS) is 11.2. The van der Waals surface area contributed by atoms with Gasteiger partial charge in [0.25, 0.3) is 5.56 Å². The molecule has 29 heavy (non-hydrogen) atoms. The average molecular weight is 445 g/mol. The maximum atomic E-state index is 13.0. The summed E-state index contributed by atoms with van der Waals surface area (Å²) < 4.78 is 5.54. The molecule has 4 rings (SSSR count). The van der Waals surface area contributed by atoms with Crippen molar-refractivity contribution < 1.29 is 4.74 Å². The molecule has 4 aromatic rings. The standard InChI is InChI=1S/C22H18Cl2N2O2S/c1-11-4-7-17(28-3)15(8-11)19-12(2)29-22-20(19)21(27)25-18(26-22)9-13-5-6-14(23)10-16(13)24/h4-8,10H,9H2,1-3H3,(H,25,26,27). The largest absolute Gasteiger partial charge is 0.496 e. The fourth-order valence-electron chi connectivity index (χ4n) is 3.43. The van der Waals surface area contributed by atoms with Gasteiger partial charge >= 0.3 is 0 Å². The van der Waals surface area contributed by atoms with Crippen molar-refractivity contribution in [2.75, 3.05) is 7.11 Å². The number of hydrogen-bond acceptors (Lipinski definition) is 4. The van der Waals surface area contributed by atoms with Crippen molar-refractivity contribution in [3.63, 3.8) is 0 Å². The van der Waals surface area contributed by atoms with Gasteiger partial charge in [0.2, 0.25) is 0 Å². The highest BCUT2D eigenvalue weighted by molar-refractivity contribution is 7.19. The number of H-pyrrole nitrogens is 1. The van der Waals surface area contributed by atoms with Crippen molar-refractivity contribution >= 4 is 44.8 Å². The molecule has 7 heteroatoms. The molecular formula is C22H18Cl2N2O2S. The van der Waals surface area contributed by atoms with E-state index >= 15 is 0 Å². The summed E-state index contributed by atoms with van der Waals surface area (Å²) in [5.41, 5.74) is 3.55. The lowest BCUT2D eigenvalue weighted by atomic mass is 10.0. The molecule has 2 heterocycles. The van der Waals surface area contributed by atoms with Gasteiger partial charge in [0, 0.05) is 32.5 Å². The third-order valence-corrected chi connectivity index (χ3v) is 6.37. The zero-order valence-corrected chi connectivity index (χ0v) is 18.4. The van der Waals surface area contributed by atoms with E-state index in [2.05, 4.69) is 4.98 Å². The Kier molecular flexibility index (Phi) is 5.38. The SMILES string of the molecule is COc1ccc(C)cc1-c1c(C)sc2nc(Cc3ccc(Cl)cc3Cl)[nH]c(=O)c12. The maximum absolute atomic E-state index is 13.0. The number of fused-ring (bicyclic) bond motifs is 1. The second-order valence-electron chi connectivity index (χ2n) is 6.84. The van der Waals surface area contributed by atoms with Crippen LogP contribution in [-0.2, 0) is 6.42 Å². The van der Waals surface area contributed by atoms with Crippen LogP contribution in [0.2, 0.25) is 10.0 Å². The number of benzene rings is 2. The molecule has 0 aliphatic carbocycles. The molecule has 0 saturated heterocycles. The van der Waals surface area contributed by atoms with Gasteiger partial charge in [0.15, 0.2) is 0 Å². The fourth-order valence-corrected chi connectivity index (χ4v) is 4.97. The van der Waals surface area contributed by atoms with Crippen molar-refractivity contribution in [3.05, 3.63) is 78.6 Å². The van der Waals surface area contributed by atoms with Gasteiger partial charge < -0.3 is 9.72 Å². The topological polar surface area (TPSA) is 55.0 Å². The molecule has 2 aromatic heterocycles. The van der Waals surface area contributed by atoms with Gasteiger partial charge in [-0.1, -0.05) is 40.9 Å². The number of thiophene rings is 1. The molecule has 0 aliphatic heterocycles. The van der Waals surface area contributed by atoms with Gasteiger partial charge in [-0.05, 0) is 43.7 Å². The second kappa shape index (κ2) is 7.82. The van der Waals surface area contributed by atoms with Gasteiger partial charge in [-0.3, -0.25) is 4.79 Å². The van der Waals surface area contributed by atoms with Crippen LogP contribution < -0.4 is 10.3 Å². The van der Waals surface area contributed by atoms with Crippen LogP contribution in [-0.4, -0.2) is 17.1 Å². The third kappa shape index (κ3) is 3.78. The molecular weight excluding hydrogens is 427 g/mol. The number of methoxy groups -OCH3 is 1. The summed E-state index contributed by atoms with van der Waals surface area (Å²) in [6, 6.07) is 11.3. The van der Waals surface area contributed by atoms with Crippen LogP contribution in [0.4, 0.5) is 0 Å². The molecule has 0 fully saturated rings. The Morgan fingerprint density at radius 2 is 1.93 bits per heavy atom. The first-order chi connectivity index (χ1) is 13.9.